The predicted octanol–water partition coefficient (Wildman–Crippen LogP) is 5.30. The van der Waals surface area contributed by atoms with Crippen molar-refractivity contribution in [2.45, 2.75) is 26.2 Å². The molecule has 3 aromatic rings. The molecule has 0 bridgehead atoms. The van der Waals surface area contributed by atoms with Gasteiger partial charge < -0.3 is 5.32 Å². The van der Waals surface area contributed by atoms with Crippen LogP contribution in [-0.2, 0) is 24.1 Å². The van der Waals surface area contributed by atoms with E-state index in [0.717, 1.165) is 4.68 Å². The first-order valence-electron chi connectivity index (χ1n) is 8.23. The van der Waals surface area contributed by atoms with E-state index in [1.54, 1.807) is 0 Å². The lowest BCUT2D eigenvalue weighted by Crippen LogP contribution is -2.21. The Morgan fingerprint density at radius 1 is 1.27 bits per heavy atom. The van der Waals surface area contributed by atoms with Gasteiger partial charge >= 0.3 is 6.18 Å². The lowest BCUT2D eigenvalue weighted by Gasteiger charge is -2.06. The molecular weight excluding hydrogens is 517 g/mol. The predicted molar refractivity (Wildman–Crippen MR) is 106 cm³/mol. The Morgan fingerprint density at radius 3 is 2.57 bits per heavy atom. The van der Waals surface area contributed by atoms with Gasteiger partial charge in [-0.25, -0.2) is 4.39 Å². The third-order valence-electron chi connectivity index (χ3n) is 4.05. The van der Waals surface area contributed by atoms with E-state index in [1.165, 1.54) is 36.0 Å². The number of alkyl halides is 3. The maximum Gasteiger partial charge on any atom is 0.436 e. The van der Waals surface area contributed by atoms with Crippen LogP contribution in [-0.4, -0.2) is 25.5 Å². The molecule has 3 rings (SSSR count). The van der Waals surface area contributed by atoms with Crippen LogP contribution in [0.3, 0.4) is 0 Å². The van der Waals surface area contributed by atoms with Crippen LogP contribution in [0.1, 0.15) is 17.0 Å². The molecular formula is C17H12BrCl2F4N5O. The minimum Gasteiger partial charge on any atom is -0.307 e. The van der Waals surface area contributed by atoms with E-state index in [-0.39, 0.29) is 28.6 Å². The molecule has 1 amide bonds. The molecule has 0 unspecified atom stereocenters. The van der Waals surface area contributed by atoms with E-state index in [2.05, 4.69) is 31.4 Å². The minimum atomic E-state index is -4.74. The summed E-state index contributed by atoms with van der Waals surface area (Å²) < 4.78 is 55.2. The van der Waals surface area contributed by atoms with Gasteiger partial charge in [0.05, 0.1) is 21.7 Å². The fraction of sp³-hybridized carbons (Fsp3) is 0.235. The van der Waals surface area contributed by atoms with Crippen LogP contribution in [0.25, 0.3) is 0 Å². The van der Waals surface area contributed by atoms with Crippen molar-refractivity contribution < 1.29 is 22.4 Å². The van der Waals surface area contributed by atoms with Crippen LogP contribution in [0.15, 0.2) is 28.9 Å². The van der Waals surface area contributed by atoms with Gasteiger partial charge in [0, 0.05) is 16.8 Å². The lowest BCUT2D eigenvalue weighted by atomic mass is 10.2. The summed E-state index contributed by atoms with van der Waals surface area (Å²) in [4.78, 5) is 12.3. The molecule has 1 aromatic carbocycles. The molecule has 0 atom stereocenters. The van der Waals surface area contributed by atoms with Gasteiger partial charge in [0.2, 0.25) is 5.91 Å². The Hall–Kier alpha value is -2.11. The van der Waals surface area contributed by atoms with Gasteiger partial charge in [-0.15, -0.1) is 0 Å². The molecule has 0 radical (unpaired) electrons. The molecule has 6 nitrogen and oxygen atoms in total. The number of hydrogen-bond acceptors (Lipinski definition) is 3. The number of nitrogens with zero attached hydrogens (tertiary/aromatic N) is 4. The average molecular weight is 529 g/mol. The molecule has 13 heteroatoms. The summed E-state index contributed by atoms with van der Waals surface area (Å²) in [6, 6.07) is 4.27. The van der Waals surface area contributed by atoms with Crippen molar-refractivity contribution in [3.05, 3.63) is 61.7 Å². The number of halogens is 7. The Bertz CT molecular complexity index is 1090. The van der Waals surface area contributed by atoms with E-state index < -0.39 is 35.2 Å². The Balaban J connectivity index is 1.74. The van der Waals surface area contributed by atoms with Gasteiger partial charge in [-0.2, -0.15) is 23.4 Å². The van der Waals surface area contributed by atoms with E-state index in [4.69, 9.17) is 23.2 Å². The Morgan fingerprint density at radius 2 is 1.97 bits per heavy atom. The molecule has 0 saturated carbocycles. The van der Waals surface area contributed by atoms with Gasteiger partial charge in [0.15, 0.2) is 11.5 Å². The van der Waals surface area contributed by atoms with Gasteiger partial charge in [-0.05, 0) is 35.0 Å². The third kappa shape index (κ3) is 4.79. The van der Waals surface area contributed by atoms with Crippen molar-refractivity contribution >= 4 is 50.9 Å². The molecule has 160 valence electrons. The second-order valence-corrected chi connectivity index (χ2v) is 7.81. The average Bonchev–Trinajstić information content (AvgIpc) is 3.12. The van der Waals surface area contributed by atoms with Crippen LogP contribution >= 0.6 is 39.1 Å². The summed E-state index contributed by atoms with van der Waals surface area (Å²) in [5, 5.41) is 9.61. The van der Waals surface area contributed by atoms with Crippen LogP contribution in [0, 0.1) is 12.7 Å². The van der Waals surface area contributed by atoms with Crippen LogP contribution in [0.5, 0.6) is 0 Å². The highest BCUT2D eigenvalue weighted by molar-refractivity contribution is 9.10. The first-order valence-corrected chi connectivity index (χ1v) is 9.78. The van der Waals surface area contributed by atoms with Crippen molar-refractivity contribution in [3.8, 4) is 0 Å². The lowest BCUT2D eigenvalue weighted by molar-refractivity contribution is -0.141. The first-order chi connectivity index (χ1) is 14.0. The number of hydrogen-bond donors (Lipinski definition) is 1. The summed E-state index contributed by atoms with van der Waals surface area (Å²) >= 11 is 14.9. The highest BCUT2D eigenvalue weighted by atomic mass is 79.9. The first kappa shape index (κ1) is 22.6. The highest BCUT2D eigenvalue weighted by Gasteiger charge is 2.38. The summed E-state index contributed by atoms with van der Waals surface area (Å²) in [6.45, 7) is 0.809. The van der Waals surface area contributed by atoms with Gasteiger partial charge in [-0.1, -0.05) is 29.3 Å². The minimum absolute atomic E-state index is 0.00192. The zero-order valence-electron chi connectivity index (χ0n) is 15.1. The summed E-state index contributed by atoms with van der Waals surface area (Å²) in [6.07, 6.45) is -3.24. The molecule has 0 spiro atoms. The molecule has 0 aliphatic heterocycles. The van der Waals surface area contributed by atoms with Crippen molar-refractivity contribution in [3.63, 3.8) is 0 Å². The summed E-state index contributed by atoms with van der Waals surface area (Å²) in [5.74, 6) is -1.09. The van der Waals surface area contributed by atoms with Crippen LogP contribution in [0.4, 0.5) is 23.4 Å². The zero-order chi connectivity index (χ0) is 22.2. The molecule has 0 aliphatic carbocycles. The molecule has 0 aliphatic rings. The fourth-order valence-corrected chi connectivity index (χ4v) is 3.46. The van der Waals surface area contributed by atoms with Gasteiger partial charge in [0.25, 0.3) is 0 Å². The number of carbonyl (C=O) groups excluding carboxylic acids is 1. The number of aromatic nitrogens is 4. The van der Waals surface area contributed by atoms with Crippen molar-refractivity contribution in [1.82, 2.24) is 19.6 Å². The maximum atomic E-state index is 13.9. The largest absolute Gasteiger partial charge is 0.436 e. The Kier molecular flexibility index (Phi) is 6.44. The van der Waals surface area contributed by atoms with Crippen LogP contribution < -0.4 is 5.32 Å². The summed E-state index contributed by atoms with van der Waals surface area (Å²) in [7, 11) is 0. The van der Waals surface area contributed by atoms with Crippen molar-refractivity contribution in [1.29, 1.82) is 0 Å². The van der Waals surface area contributed by atoms with E-state index in [9.17, 15) is 22.4 Å². The zero-order valence-corrected chi connectivity index (χ0v) is 18.2. The van der Waals surface area contributed by atoms with Crippen molar-refractivity contribution in [2.75, 3.05) is 5.32 Å². The molecule has 30 heavy (non-hydrogen) atoms. The smallest absolute Gasteiger partial charge is 0.307 e. The maximum absolute atomic E-state index is 13.9. The topological polar surface area (TPSA) is 64.7 Å². The molecule has 2 heterocycles. The fourth-order valence-electron chi connectivity index (χ4n) is 2.58. The molecule has 0 saturated heterocycles. The number of anilines is 1. The number of carbonyl (C=O) groups is 1. The van der Waals surface area contributed by atoms with Crippen LogP contribution in [0.2, 0.25) is 10.0 Å². The quantitative estimate of drug-likeness (QED) is 0.457. The second kappa shape index (κ2) is 8.56. The summed E-state index contributed by atoms with van der Waals surface area (Å²) in [5.41, 5.74) is -1.05. The number of amides is 1. The molecule has 2 aromatic heterocycles. The number of benzene rings is 1. The van der Waals surface area contributed by atoms with E-state index in [1.807, 2.05) is 0 Å². The number of nitrogens with one attached hydrogen (secondary N) is 1. The van der Waals surface area contributed by atoms with Crippen molar-refractivity contribution in [2.24, 2.45) is 0 Å². The van der Waals surface area contributed by atoms with E-state index in [0.29, 0.717) is 4.47 Å². The molecule has 1 N–H and O–H groups in total. The molecule has 0 fully saturated rings. The normalized spacial score (nSPS) is 11.7. The third-order valence-corrected chi connectivity index (χ3v) is 5.44. The second-order valence-electron chi connectivity index (χ2n) is 6.18. The standard InChI is InChI=1S/C17H12BrCl2F4N5O/c1-8-14(20)15(17(22,23)24)26-29(8)7-13(30)25-16-10(18)6-28(27-16)5-9-11(19)3-2-4-12(9)21/h2-4,6H,5,7H2,1H3,(H,25,27,30). The van der Waals surface area contributed by atoms with Gasteiger partial charge in [-0.3, -0.25) is 14.2 Å². The van der Waals surface area contributed by atoms with Gasteiger partial charge in [0.1, 0.15) is 12.4 Å². The van der Waals surface area contributed by atoms with E-state index >= 15 is 0 Å². The number of rotatable bonds is 5. The monoisotopic (exact) mass is 527 g/mol. The Labute approximate surface area is 185 Å². The SMILES string of the molecule is Cc1c(Cl)c(C(F)(F)F)nn1CC(=O)Nc1nn(Cc2c(F)cccc2Cl)cc1Br. The highest BCUT2D eigenvalue weighted by Crippen LogP contribution is 2.35.